The Morgan fingerprint density at radius 2 is 1.30 bits per heavy atom. The third-order valence-corrected chi connectivity index (χ3v) is 5.47. The van der Waals surface area contributed by atoms with Gasteiger partial charge in [0.15, 0.2) is 0 Å². The highest BCUT2D eigenvalue weighted by molar-refractivity contribution is 5.81. The second-order valence-electron chi connectivity index (χ2n) is 7.92. The van der Waals surface area contributed by atoms with Crippen LogP contribution in [0.4, 0.5) is 0 Å². The molecule has 0 fully saturated rings. The second kappa shape index (κ2) is 15.7. The monoisotopic (exact) mass is 375 g/mol. The molecule has 0 heterocycles. The zero-order valence-corrected chi connectivity index (χ0v) is 17.4. The van der Waals surface area contributed by atoms with Crippen molar-refractivity contribution in [3.63, 3.8) is 0 Å². The van der Waals surface area contributed by atoms with Gasteiger partial charge in [0, 0.05) is 0 Å². The van der Waals surface area contributed by atoms with Gasteiger partial charge in [-0.3, -0.25) is 4.79 Å². The van der Waals surface area contributed by atoms with Gasteiger partial charge in [-0.1, -0.05) is 108 Å². The number of hydrogen-bond donors (Lipinski definition) is 2. The van der Waals surface area contributed by atoms with Crippen LogP contribution in [0.3, 0.4) is 0 Å². The molecule has 0 spiro atoms. The van der Waals surface area contributed by atoms with Gasteiger partial charge in [0.25, 0.3) is 0 Å². The van der Waals surface area contributed by atoms with Crippen molar-refractivity contribution in [2.24, 2.45) is 5.73 Å². The highest BCUT2D eigenvalue weighted by Crippen LogP contribution is 2.22. The predicted octanol–water partition coefficient (Wildman–Crippen LogP) is 6.10. The number of aliphatic hydroxyl groups excluding tert-OH is 1. The van der Waals surface area contributed by atoms with Gasteiger partial charge >= 0.3 is 0 Å². The van der Waals surface area contributed by atoms with Crippen LogP contribution in [-0.4, -0.2) is 17.1 Å². The van der Waals surface area contributed by atoms with E-state index >= 15 is 0 Å². The quantitative estimate of drug-likeness (QED) is 0.323. The number of carbonyl (C=O) groups is 1. The van der Waals surface area contributed by atoms with Crippen molar-refractivity contribution in [2.75, 3.05) is 0 Å². The highest BCUT2D eigenvalue weighted by atomic mass is 16.3. The number of unbranched alkanes of at least 4 members (excludes halogenated alkanes) is 9. The van der Waals surface area contributed by atoms with E-state index in [-0.39, 0.29) is 17.9 Å². The minimum absolute atomic E-state index is 0.0921. The Balaban J connectivity index is 1.98. The van der Waals surface area contributed by atoms with E-state index in [0.29, 0.717) is 0 Å². The third kappa shape index (κ3) is 11.9. The molecule has 1 amide bonds. The molecule has 3 nitrogen and oxygen atoms in total. The minimum Gasteiger partial charge on any atom is -0.393 e. The molecule has 154 valence electrons. The molecule has 0 saturated heterocycles. The second-order valence-corrected chi connectivity index (χ2v) is 7.92. The first-order chi connectivity index (χ1) is 13.1. The van der Waals surface area contributed by atoms with Gasteiger partial charge in [-0.2, -0.15) is 0 Å². The SMILES string of the molecule is CCCCCCC(O)CCCCCCCCCC(C(N)=O)c1ccccc1. The Kier molecular flexibility index (Phi) is 13.8. The molecule has 0 bridgehead atoms. The van der Waals surface area contributed by atoms with Gasteiger partial charge in [-0.25, -0.2) is 0 Å². The molecular weight excluding hydrogens is 334 g/mol. The van der Waals surface area contributed by atoms with E-state index < -0.39 is 0 Å². The first kappa shape index (κ1) is 23.7. The molecule has 1 rings (SSSR count). The lowest BCUT2D eigenvalue weighted by atomic mass is 9.92. The van der Waals surface area contributed by atoms with Gasteiger partial charge in [-0.15, -0.1) is 0 Å². The van der Waals surface area contributed by atoms with E-state index in [0.717, 1.165) is 44.1 Å². The van der Waals surface area contributed by atoms with Crippen molar-refractivity contribution in [1.29, 1.82) is 0 Å². The first-order valence-electron chi connectivity index (χ1n) is 11.2. The van der Waals surface area contributed by atoms with E-state index in [1.807, 2.05) is 30.3 Å². The fourth-order valence-electron chi connectivity index (χ4n) is 3.72. The topological polar surface area (TPSA) is 63.3 Å². The van der Waals surface area contributed by atoms with Crippen molar-refractivity contribution in [1.82, 2.24) is 0 Å². The number of aliphatic hydroxyl groups is 1. The van der Waals surface area contributed by atoms with Gasteiger partial charge in [-0.05, 0) is 24.8 Å². The lowest BCUT2D eigenvalue weighted by Crippen LogP contribution is -2.21. The fraction of sp³-hybridized carbons (Fsp3) is 0.708. The lowest BCUT2D eigenvalue weighted by molar-refractivity contribution is -0.119. The normalized spacial score (nSPS) is 13.4. The molecule has 0 radical (unpaired) electrons. The Bertz CT molecular complexity index is 475. The van der Waals surface area contributed by atoms with Crippen LogP contribution >= 0.6 is 0 Å². The molecule has 27 heavy (non-hydrogen) atoms. The number of nitrogens with two attached hydrogens (primary N) is 1. The Morgan fingerprint density at radius 1 is 0.815 bits per heavy atom. The molecule has 1 aromatic carbocycles. The van der Waals surface area contributed by atoms with Crippen LogP contribution in [0.25, 0.3) is 0 Å². The molecule has 3 N–H and O–H groups in total. The van der Waals surface area contributed by atoms with E-state index in [9.17, 15) is 9.90 Å². The molecule has 0 aliphatic heterocycles. The van der Waals surface area contributed by atoms with Gasteiger partial charge in [0.1, 0.15) is 0 Å². The Labute approximate surface area is 166 Å². The average Bonchev–Trinajstić information content (AvgIpc) is 2.67. The Hall–Kier alpha value is -1.35. The van der Waals surface area contributed by atoms with E-state index in [1.165, 1.54) is 51.4 Å². The lowest BCUT2D eigenvalue weighted by Gasteiger charge is -2.13. The molecule has 0 saturated carbocycles. The molecule has 0 aliphatic rings. The summed E-state index contributed by atoms with van der Waals surface area (Å²) < 4.78 is 0. The molecule has 0 aromatic heterocycles. The zero-order valence-electron chi connectivity index (χ0n) is 17.4. The van der Waals surface area contributed by atoms with E-state index in [1.54, 1.807) is 0 Å². The molecule has 1 aromatic rings. The van der Waals surface area contributed by atoms with Crippen molar-refractivity contribution in [3.8, 4) is 0 Å². The summed E-state index contributed by atoms with van der Waals surface area (Å²) in [4.78, 5) is 11.7. The van der Waals surface area contributed by atoms with Crippen LogP contribution in [0.2, 0.25) is 0 Å². The summed E-state index contributed by atoms with van der Waals surface area (Å²) in [7, 11) is 0. The molecule has 0 aliphatic carbocycles. The fourth-order valence-corrected chi connectivity index (χ4v) is 3.72. The number of benzene rings is 1. The molecule has 2 unspecified atom stereocenters. The summed E-state index contributed by atoms with van der Waals surface area (Å²) in [5, 5.41) is 9.97. The van der Waals surface area contributed by atoms with Crippen LogP contribution < -0.4 is 5.73 Å². The van der Waals surface area contributed by atoms with Gasteiger partial charge in [0.05, 0.1) is 12.0 Å². The summed E-state index contributed by atoms with van der Waals surface area (Å²) in [5.74, 6) is -0.362. The van der Waals surface area contributed by atoms with E-state index in [2.05, 4.69) is 6.92 Å². The Morgan fingerprint density at radius 3 is 1.81 bits per heavy atom. The van der Waals surface area contributed by atoms with Crippen LogP contribution in [0.5, 0.6) is 0 Å². The summed E-state index contributed by atoms with van der Waals surface area (Å²) in [6, 6.07) is 9.88. The smallest absolute Gasteiger partial charge is 0.224 e. The van der Waals surface area contributed by atoms with Crippen molar-refractivity contribution in [2.45, 2.75) is 109 Å². The van der Waals surface area contributed by atoms with Crippen LogP contribution in [0.1, 0.15) is 108 Å². The summed E-state index contributed by atoms with van der Waals surface area (Å²) >= 11 is 0. The maximum atomic E-state index is 11.7. The third-order valence-electron chi connectivity index (χ3n) is 5.47. The molecule has 3 heteroatoms. The first-order valence-corrected chi connectivity index (χ1v) is 11.2. The largest absolute Gasteiger partial charge is 0.393 e. The summed E-state index contributed by atoms with van der Waals surface area (Å²) in [6.07, 6.45) is 16.0. The summed E-state index contributed by atoms with van der Waals surface area (Å²) in [6.45, 7) is 2.22. The number of rotatable bonds is 17. The van der Waals surface area contributed by atoms with Crippen LogP contribution in [0, 0.1) is 0 Å². The minimum atomic E-state index is -0.213. The zero-order chi connectivity index (χ0) is 19.7. The van der Waals surface area contributed by atoms with Gasteiger partial charge in [0.2, 0.25) is 5.91 Å². The maximum Gasteiger partial charge on any atom is 0.224 e. The number of amides is 1. The van der Waals surface area contributed by atoms with Gasteiger partial charge < -0.3 is 10.8 Å². The number of carbonyl (C=O) groups excluding carboxylic acids is 1. The van der Waals surface area contributed by atoms with Crippen LogP contribution in [-0.2, 0) is 4.79 Å². The van der Waals surface area contributed by atoms with E-state index in [4.69, 9.17) is 5.73 Å². The number of primary amides is 1. The standard InChI is InChI=1S/C24H41NO2/c1-2-3-4-13-18-22(26)19-14-8-6-5-7-9-15-20-23(24(25)27)21-16-11-10-12-17-21/h10-12,16-17,22-23,26H,2-9,13-15,18-20H2,1H3,(H2,25,27). The maximum absolute atomic E-state index is 11.7. The molecular formula is C24H41NO2. The van der Waals surface area contributed by atoms with Crippen molar-refractivity contribution >= 4 is 5.91 Å². The average molecular weight is 376 g/mol. The summed E-state index contributed by atoms with van der Waals surface area (Å²) in [5.41, 5.74) is 6.61. The number of hydrogen-bond acceptors (Lipinski definition) is 2. The predicted molar refractivity (Wildman–Crippen MR) is 115 cm³/mol. The molecule has 2 atom stereocenters. The van der Waals surface area contributed by atoms with Crippen molar-refractivity contribution < 1.29 is 9.90 Å². The van der Waals surface area contributed by atoms with Crippen molar-refractivity contribution in [3.05, 3.63) is 35.9 Å². The highest BCUT2D eigenvalue weighted by Gasteiger charge is 2.16. The van der Waals surface area contributed by atoms with Crippen LogP contribution in [0.15, 0.2) is 30.3 Å².